The molecule has 0 unspecified atom stereocenters. The molecule has 2 aliphatic rings. The maximum atomic E-state index is 14.5. The van der Waals surface area contributed by atoms with E-state index in [4.69, 9.17) is 6.57 Å². The smallest absolute Gasteiger partial charge is 0.275 e. The molecule has 2 heterocycles. The summed E-state index contributed by atoms with van der Waals surface area (Å²) >= 11 is 0. The van der Waals surface area contributed by atoms with E-state index in [9.17, 15) is 14.0 Å². The Morgan fingerprint density at radius 1 is 1.28 bits per heavy atom. The molecule has 1 aromatic heterocycles. The zero-order valence-electron chi connectivity index (χ0n) is 17.3. The zero-order chi connectivity index (χ0) is 22.4. The highest BCUT2D eigenvalue weighted by Crippen LogP contribution is 2.55. The van der Waals surface area contributed by atoms with Gasteiger partial charge in [0.05, 0.1) is 19.3 Å². The Morgan fingerprint density at radius 2 is 2.06 bits per heavy atom. The molecule has 8 heteroatoms. The van der Waals surface area contributed by atoms with Crippen molar-refractivity contribution in [3.63, 3.8) is 0 Å². The van der Waals surface area contributed by atoms with Gasteiger partial charge in [0.1, 0.15) is 6.04 Å². The van der Waals surface area contributed by atoms with Gasteiger partial charge in [-0.2, -0.15) is 5.10 Å². The number of aromatic nitrogens is 2. The van der Waals surface area contributed by atoms with E-state index >= 15 is 0 Å². The Morgan fingerprint density at radius 3 is 2.81 bits per heavy atom. The third kappa shape index (κ3) is 3.42. The van der Waals surface area contributed by atoms with Gasteiger partial charge in [-0.15, -0.1) is 0 Å². The summed E-state index contributed by atoms with van der Waals surface area (Å²) in [5.74, 6) is -1.72. The van der Waals surface area contributed by atoms with E-state index in [0.717, 1.165) is 23.2 Å². The van der Waals surface area contributed by atoms with Gasteiger partial charge >= 0.3 is 0 Å². The molecular weight excluding hydrogens is 409 g/mol. The number of carbonyl (C=O) groups is 2. The lowest BCUT2D eigenvalue weighted by Gasteiger charge is -2.23. The standard InChI is InChI=1S/C24H20FN5O2/c1-26-15-8-9-20-17(10-15)16-11-18(16)21(24(32)29(20)2)27-23(31)22-19(25)13-30(28-22)12-14-6-4-3-5-7-14/h3-10,13,16,18,21H,11-12H2,2H3,(H,27,31)/t16-,18-,21-/m1/s1. The van der Waals surface area contributed by atoms with E-state index in [-0.39, 0.29) is 23.4 Å². The molecule has 1 aliphatic heterocycles. The van der Waals surface area contributed by atoms with Gasteiger partial charge in [-0.3, -0.25) is 14.3 Å². The van der Waals surface area contributed by atoms with Crippen LogP contribution in [0.2, 0.25) is 0 Å². The zero-order valence-corrected chi connectivity index (χ0v) is 17.3. The van der Waals surface area contributed by atoms with Crippen molar-refractivity contribution in [3.05, 3.63) is 88.8 Å². The van der Waals surface area contributed by atoms with Crippen LogP contribution in [0.5, 0.6) is 0 Å². The van der Waals surface area contributed by atoms with Crippen LogP contribution in [0.4, 0.5) is 15.8 Å². The molecule has 160 valence electrons. The van der Waals surface area contributed by atoms with Gasteiger partial charge in [-0.05, 0) is 35.4 Å². The normalized spacial score (nSPS) is 21.2. The van der Waals surface area contributed by atoms with E-state index in [0.29, 0.717) is 12.2 Å². The van der Waals surface area contributed by atoms with Crippen LogP contribution >= 0.6 is 0 Å². The third-order valence-corrected chi connectivity index (χ3v) is 6.17. The van der Waals surface area contributed by atoms with Crippen LogP contribution in [0.15, 0.2) is 54.7 Å². The molecule has 1 saturated carbocycles. The fourth-order valence-corrected chi connectivity index (χ4v) is 4.45. The Kier molecular flexibility index (Phi) is 4.74. The second-order valence-electron chi connectivity index (χ2n) is 8.22. The minimum Gasteiger partial charge on any atom is -0.338 e. The van der Waals surface area contributed by atoms with Crippen molar-refractivity contribution in [1.82, 2.24) is 15.1 Å². The molecule has 5 rings (SSSR count). The number of rotatable bonds is 4. The molecule has 2 aromatic carbocycles. The first-order valence-electron chi connectivity index (χ1n) is 10.3. The Labute approximate surface area is 184 Å². The highest BCUT2D eigenvalue weighted by atomic mass is 19.1. The van der Waals surface area contributed by atoms with Crippen molar-refractivity contribution in [3.8, 4) is 0 Å². The number of fused-ring (bicyclic) bond motifs is 3. The van der Waals surface area contributed by atoms with Crippen LogP contribution in [0, 0.1) is 18.3 Å². The SMILES string of the molecule is [C-]#[N+]c1ccc2c(c1)[C@H]1C[C@H]1[C@@H](NC(=O)c1nn(Cc3ccccc3)cc1F)C(=O)N2C. The second kappa shape index (κ2) is 7.61. The fourth-order valence-electron chi connectivity index (χ4n) is 4.45. The average molecular weight is 429 g/mol. The molecule has 0 spiro atoms. The first kappa shape index (κ1) is 19.9. The van der Waals surface area contributed by atoms with Gasteiger partial charge in [0.15, 0.2) is 17.2 Å². The average Bonchev–Trinajstić information content (AvgIpc) is 3.52. The highest BCUT2D eigenvalue weighted by Gasteiger charge is 2.52. The van der Waals surface area contributed by atoms with Gasteiger partial charge in [-0.25, -0.2) is 9.24 Å². The van der Waals surface area contributed by atoms with E-state index in [1.165, 1.54) is 15.8 Å². The van der Waals surface area contributed by atoms with Crippen molar-refractivity contribution in [2.24, 2.45) is 5.92 Å². The molecule has 3 atom stereocenters. The van der Waals surface area contributed by atoms with Gasteiger partial charge in [0, 0.05) is 12.7 Å². The maximum absolute atomic E-state index is 14.5. The lowest BCUT2D eigenvalue weighted by atomic mass is 10.0. The number of amides is 2. The number of likely N-dealkylation sites (N-methyl/N-ethyl adjacent to an activating group) is 1. The number of halogens is 1. The van der Waals surface area contributed by atoms with Crippen molar-refractivity contribution in [2.75, 3.05) is 11.9 Å². The van der Waals surface area contributed by atoms with Gasteiger partial charge in [-0.1, -0.05) is 42.5 Å². The Hall–Kier alpha value is -3.99. The molecule has 1 N–H and O–H groups in total. The Bertz CT molecular complexity index is 1260. The third-order valence-electron chi connectivity index (χ3n) is 6.17. The minimum absolute atomic E-state index is 0.0754. The first-order chi connectivity index (χ1) is 15.5. The lowest BCUT2D eigenvalue weighted by Crippen LogP contribution is -2.48. The quantitative estimate of drug-likeness (QED) is 0.646. The number of nitrogens with zero attached hydrogens (tertiary/aromatic N) is 4. The number of benzene rings is 2. The van der Waals surface area contributed by atoms with E-state index in [2.05, 4.69) is 15.3 Å². The molecule has 0 radical (unpaired) electrons. The lowest BCUT2D eigenvalue weighted by molar-refractivity contribution is -0.120. The van der Waals surface area contributed by atoms with E-state index in [1.807, 2.05) is 36.4 Å². The Balaban J connectivity index is 1.36. The van der Waals surface area contributed by atoms with Crippen molar-refractivity contribution >= 4 is 23.2 Å². The molecule has 2 amide bonds. The van der Waals surface area contributed by atoms with E-state index < -0.39 is 17.8 Å². The molecule has 7 nitrogen and oxygen atoms in total. The van der Waals surface area contributed by atoms with Crippen molar-refractivity contribution in [2.45, 2.75) is 24.9 Å². The molecule has 3 aromatic rings. The number of nitrogens with one attached hydrogen (secondary N) is 1. The van der Waals surface area contributed by atoms with Gasteiger partial charge < -0.3 is 10.2 Å². The summed E-state index contributed by atoms with van der Waals surface area (Å²) in [7, 11) is 1.65. The number of anilines is 1. The summed E-state index contributed by atoms with van der Waals surface area (Å²) in [5.41, 5.74) is 2.80. The minimum atomic E-state index is -0.778. The van der Waals surface area contributed by atoms with E-state index in [1.54, 1.807) is 19.2 Å². The summed E-state index contributed by atoms with van der Waals surface area (Å²) < 4.78 is 15.9. The largest absolute Gasteiger partial charge is 0.338 e. The summed E-state index contributed by atoms with van der Waals surface area (Å²) in [5, 5.41) is 6.83. The molecule has 1 fully saturated rings. The predicted molar refractivity (Wildman–Crippen MR) is 116 cm³/mol. The van der Waals surface area contributed by atoms with Crippen molar-refractivity contribution in [1.29, 1.82) is 0 Å². The van der Waals surface area contributed by atoms with Crippen LogP contribution in [0.3, 0.4) is 0 Å². The second-order valence-corrected chi connectivity index (χ2v) is 8.22. The van der Waals surface area contributed by atoms with Gasteiger partial charge in [0.25, 0.3) is 5.91 Å². The summed E-state index contributed by atoms with van der Waals surface area (Å²) in [6, 6.07) is 13.9. The number of hydrogen-bond acceptors (Lipinski definition) is 3. The predicted octanol–water partition coefficient (Wildman–Crippen LogP) is 3.50. The van der Waals surface area contributed by atoms with Crippen LogP contribution in [0.25, 0.3) is 4.85 Å². The highest BCUT2D eigenvalue weighted by molar-refractivity contribution is 6.03. The summed E-state index contributed by atoms with van der Waals surface area (Å²) in [4.78, 5) is 31.0. The molecule has 1 aliphatic carbocycles. The van der Waals surface area contributed by atoms with Crippen LogP contribution in [-0.4, -0.2) is 34.7 Å². The topological polar surface area (TPSA) is 71.6 Å². The van der Waals surface area contributed by atoms with Crippen LogP contribution in [0.1, 0.15) is 34.0 Å². The van der Waals surface area contributed by atoms with Crippen LogP contribution in [-0.2, 0) is 11.3 Å². The van der Waals surface area contributed by atoms with Crippen LogP contribution < -0.4 is 10.2 Å². The first-order valence-corrected chi connectivity index (χ1v) is 10.3. The fraction of sp³-hybridized carbons (Fsp3) is 0.250. The number of hydrogen-bond donors (Lipinski definition) is 1. The summed E-state index contributed by atoms with van der Waals surface area (Å²) in [6.07, 6.45) is 1.91. The monoisotopic (exact) mass is 429 g/mol. The van der Waals surface area contributed by atoms with Crippen molar-refractivity contribution < 1.29 is 14.0 Å². The number of carbonyl (C=O) groups excluding carboxylic acids is 2. The molecule has 0 bridgehead atoms. The maximum Gasteiger partial charge on any atom is 0.275 e. The van der Waals surface area contributed by atoms with Gasteiger partial charge in [0.2, 0.25) is 5.91 Å². The molecular formula is C24H20FN5O2. The summed E-state index contributed by atoms with van der Waals surface area (Å²) in [6.45, 7) is 7.58. The molecule has 32 heavy (non-hydrogen) atoms. The molecule has 0 saturated heterocycles.